The number of hydrogen-bond donors (Lipinski definition) is 2. The van der Waals surface area contributed by atoms with Crippen LogP contribution in [0.3, 0.4) is 0 Å². The highest BCUT2D eigenvalue weighted by molar-refractivity contribution is 7.91. The van der Waals surface area contributed by atoms with Crippen LogP contribution in [-0.2, 0) is 16.6 Å². The van der Waals surface area contributed by atoms with E-state index in [9.17, 15) is 8.42 Å². The molecule has 1 atom stereocenters. The normalized spacial score (nSPS) is 28.9. The Morgan fingerprint density at radius 3 is 2.76 bits per heavy atom. The van der Waals surface area contributed by atoms with Gasteiger partial charge in [-0.05, 0) is 55.4 Å². The first-order valence-electron chi connectivity index (χ1n) is 7.61. The summed E-state index contributed by atoms with van der Waals surface area (Å²) < 4.78 is 28.4. The summed E-state index contributed by atoms with van der Waals surface area (Å²) in [7, 11) is -3.37. The summed E-state index contributed by atoms with van der Waals surface area (Å²) in [5.41, 5.74) is 1.04. The van der Waals surface area contributed by atoms with Crippen LogP contribution in [0.4, 0.5) is 0 Å². The maximum absolute atomic E-state index is 12.5. The van der Waals surface area contributed by atoms with Crippen molar-refractivity contribution in [1.82, 2.24) is 14.9 Å². The van der Waals surface area contributed by atoms with Gasteiger partial charge in [-0.15, -0.1) is 11.3 Å². The Kier molecular flexibility index (Phi) is 4.66. The highest BCUT2D eigenvalue weighted by Gasteiger charge is 2.36. The van der Waals surface area contributed by atoms with Crippen molar-refractivity contribution in [2.24, 2.45) is 5.92 Å². The van der Waals surface area contributed by atoms with Crippen molar-refractivity contribution in [2.75, 3.05) is 26.2 Å². The Bertz CT molecular complexity index is 577. The average molecular weight is 329 g/mol. The Labute approximate surface area is 130 Å². The van der Waals surface area contributed by atoms with Gasteiger partial charge in [-0.1, -0.05) is 6.92 Å². The quantitative estimate of drug-likeness (QED) is 0.824. The van der Waals surface area contributed by atoms with Gasteiger partial charge in [0.2, 0.25) is 10.0 Å². The predicted molar refractivity (Wildman–Crippen MR) is 85.0 cm³/mol. The van der Waals surface area contributed by atoms with E-state index in [0.29, 0.717) is 10.1 Å². The second kappa shape index (κ2) is 6.34. The van der Waals surface area contributed by atoms with Crippen molar-refractivity contribution in [2.45, 2.75) is 36.6 Å². The number of nitrogens with one attached hydrogen (secondary N) is 2. The van der Waals surface area contributed by atoms with Crippen LogP contribution in [0, 0.1) is 5.92 Å². The molecule has 3 aliphatic heterocycles. The summed E-state index contributed by atoms with van der Waals surface area (Å²) in [4.78, 5) is 2.36. The van der Waals surface area contributed by atoms with Gasteiger partial charge in [-0.3, -0.25) is 0 Å². The molecule has 0 radical (unpaired) electrons. The molecule has 4 rings (SSSR count). The van der Waals surface area contributed by atoms with Crippen LogP contribution < -0.4 is 10.0 Å². The van der Waals surface area contributed by atoms with Gasteiger partial charge in [0.05, 0.1) is 0 Å². The van der Waals surface area contributed by atoms with Crippen LogP contribution in [0.15, 0.2) is 15.7 Å². The van der Waals surface area contributed by atoms with E-state index in [1.807, 2.05) is 12.3 Å². The number of piperidine rings is 3. The standard InChI is InChI=1S/C14H23N3O2S2/c1-2-15-8-11-7-14(20-10-11)21(18,19)16-13-9-17-5-3-12(13)4-6-17/h7,10,12-13,15-16H,2-6,8-9H2,1H3. The van der Waals surface area contributed by atoms with Crippen molar-refractivity contribution < 1.29 is 8.42 Å². The maximum atomic E-state index is 12.5. The van der Waals surface area contributed by atoms with E-state index >= 15 is 0 Å². The minimum atomic E-state index is -3.37. The van der Waals surface area contributed by atoms with E-state index in [-0.39, 0.29) is 6.04 Å². The molecule has 7 heteroatoms. The molecule has 0 saturated carbocycles. The fourth-order valence-corrected chi connectivity index (χ4v) is 5.73. The minimum Gasteiger partial charge on any atom is -0.313 e. The molecular formula is C14H23N3O2S2. The molecule has 4 heterocycles. The average Bonchev–Trinajstić information content (AvgIpc) is 2.96. The van der Waals surface area contributed by atoms with Gasteiger partial charge >= 0.3 is 0 Å². The molecule has 0 amide bonds. The van der Waals surface area contributed by atoms with Gasteiger partial charge in [0.25, 0.3) is 0 Å². The summed E-state index contributed by atoms with van der Waals surface area (Å²) in [6, 6.07) is 1.87. The molecule has 3 aliphatic rings. The van der Waals surface area contributed by atoms with E-state index in [1.165, 1.54) is 11.3 Å². The molecule has 1 unspecified atom stereocenters. The number of hydrogen-bond acceptors (Lipinski definition) is 5. The number of thiophene rings is 1. The van der Waals surface area contributed by atoms with E-state index in [0.717, 1.165) is 51.1 Å². The Balaban J connectivity index is 1.67. The van der Waals surface area contributed by atoms with Crippen LogP contribution in [0.5, 0.6) is 0 Å². The Morgan fingerprint density at radius 2 is 2.14 bits per heavy atom. The molecule has 1 aromatic heterocycles. The summed E-state index contributed by atoms with van der Waals surface area (Å²) in [5.74, 6) is 0.506. The largest absolute Gasteiger partial charge is 0.313 e. The van der Waals surface area contributed by atoms with Crippen LogP contribution in [0.25, 0.3) is 0 Å². The first-order chi connectivity index (χ1) is 10.1. The number of fused-ring (bicyclic) bond motifs is 3. The fraction of sp³-hybridized carbons (Fsp3) is 0.714. The highest BCUT2D eigenvalue weighted by atomic mass is 32.2. The van der Waals surface area contributed by atoms with Gasteiger partial charge in [0.1, 0.15) is 4.21 Å². The van der Waals surface area contributed by atoms with Gasteiger partial charge in [-0.2, -0.15) is 0 Å². The summed E-state index contributed by atoms with van der Waals surface area (Å²) in [5, 5.41) is 5.14. The molecular weight excluding hydrogens is 306 g/mol. The van der Waals surface area contributed by atoms with Gasteiger partial charge in [-0.25, -0.2) is 13.1 Å². The molecule has 0 spiro atoms. The second-order valence-electron chi connectivity index (χ2n) is 5.92. The summed E-state index contributed by atoms with van der Waals surface area (Å²) in [6.07, 6.45) is 2.23. The zero-order valence-electron chi connectivity index (χ0n) is 12.3. The van der Waals surface area contributed by atoms with Crippen LogP contribution in [0.1, 0.15) is 25.3 Å². The lowest BCUT2D eigenvalue weighted by molar-refractivity contribution is 0.0827. The van der Waals surface area contributed by atoms with Crippen molar-refractivity contribution >= 4 is 21.4 Å². The van der Waals surface area contributed by atoms with Crippen LogP contribution in [0.2, 0.25) is 0 Å². The molecule has 0 aromatic carbocycles. The molecule has 118 valence electrons. The molecule has 21 heavy (non-hydrogen) atoms. The second-order valence-corrected chi connectivity index (χ2v) is 8.77. The third kappa shape index (κ3) is 3.48. The summed E-state index contributed by atoms with van der Waals surface area (Å²) in [6.45, 7) is 6.75. The molecule has 5 nitrogen and oxygen atoms in total. The van der Waals surface area contributed by atoms with E-state index in [2.05, 4.69) is 14.9 Å². The van der Waals surface area contributed by atoms with E-state index < -0.39 is 10.0 Å². The zero-order valence-corrected chi connectivity index (χ0v) is 14.0. The van der Waals surface area contributed by atoms with Crippen molar-refractivity contribution in [3.8, 4) is 0 Å². The molecule has 0 aliphatic carbocycles. The lowest BCUT2D eigenvalue weighted by Gasteiger charge is -2.44. The first-order valence-corrected chi connectivity index (χ1v) is 9.97. The third-order valence-electron chi connectivity index (χ3n) is 4.44. The van der Waals surface area contributed by atoms with Crippen molar-refractivity contribution in [1.29, 1.82) is 0 Å². The van der Waals surface area contributed by atoms with Gasteiger partial charge < -0.3 is 10.2 Å². The topological polar surface area (TPSA) is 61.4 Å². The monoisotopic (exact) mass is 329 g/mol. The maximum Gasteiger partial charge on any atom is 0.250 e. The van der Waals surface area contributed by atoms with Crippen molar-refractivity contribution in [3.05, 3.63) is 17.0 Å². The Morgan fingerprint density at radius 1 is 1.38 bits per heavy atom. The van der Waals surface area contributed by atoms with E-state index in [4.69, 9.17) is 0 Å². The minimum absolute atomic E-state index is 0.0804. The number of nitrogens with zero attached hydrogens (tertiary/aromatic N) is 1. The predicted octanol–water partition coefficient (Wildman–Crippen LogP) is 1.23. The summed E-state index contributed by atoms with van der Waals surface area (Å²) >= 11 is 1.31. The van der Waals surface area contributed by atoms with Gasteiger partial charge in [0.15, 0.2) is 0 Å². The molecule has 3 saturated heterocycles. The van der Waals surface area contributed by atoms with Gasteiger partial charge in [0, 0.05) is 19.1 Å². The lowest BCUT2D eigenvalue weighted by atomic mass is 9.85. The lowest BCUT2D eigenvalue weighted by Crippen LogP contribution is -2.57. The van der Waals surface area contributed by atoms with Crippen LogP contribution in [-0.4, -0.2) is 45.5 Å². The zero-order chi connectivity index (χ0) is 14.9. The number of rotatable bonds is 6. The SMILES string of the molecule is CCNCc1csc(S(=O)(=O)NC2CN3CCC2CC3)c1. The first kappa shape index (κ1) is 15.4. The molecule has 2 bridgehead atoms. The number of sulfonamides is 1. The van der Waals surface area contributed by atoms with Crippen molar-refractivity contribution in [3.63, 3.8) is 0 Å². The van der Waals surface area contributed by atoms with Crippen LogP contribution >= 0.6 is 11.3 Å². The smallest absolute Gasteiger partial charge is 0.250 e. The molecule has 1 aromatic rings. The third-order valence-corrected chi connectivity index (χ3v) is 7.41. The molecule has 2 N–H and O–H groups in total. The Hall–Kier alpha value is -0.470. The highest BCUT2D eigenvalue weighted by Crippen LogP contribution is 2.29. The van der Waals surface area contributed by atoms with E-state index in [1.54, 1.807) is 6.07 Å². The fourth-order valence-electron chi connectivity index (χ4n) is 3.21. The molecule has 3 fully saturated rings.